The smallest absolute Gasteiger partial charge is 0.133 e. The summed E-state index contributed by atoms with van der Waals surface area (Å²) in [6, 6.07) is 0. The second kappa shape index (κ2) is 3.50. The summed E-state index contributed by atoms with van der Waals surface area (Å²) < 4.78 is 0. The van der Waals surface area contributed by atoms with E-state index >= 15 is 0 Å². The van der Waals surface area contributed by atoms with Crippen LogP contribution in [0, 0.1) is 11.3 Å². The summed E-state index contributed by atoms with van der Waals surface area (Å²) in [7, 11) is 0. The van der Waals surface area contributed by atoms with E-state index in [1.54, 1.807) is 0 Å². The van der Waals surface area contributed by atoms with Crippen molar-refractivity contribution in [2.75, 3.05) is 0 Å². The molecule has 1 unspecified atom stereocenters. The van der Waals surface area contributed by atoms with Crippen LogP contribution in [0.3, 0.4) is 0 Å². The van der Waals surface area contributed by atoms with Crippen LogP contribution in [-0.2, 0) is 4.79 Å². The Hall–Kier alpha value is -0.630. The molecule has 0 aliphatic heterocycles. The Balaban J connectivity index is 2.22. The summed E-state index contributed by atoms with van der Waals surface area (Å²) in [6.45, 7) is 3.77. The molecule has 2 heteroatoms. The quantitative estimate of drug-likeness (QED) is 0.683. The normalized spacial score (nSPS) is 42.2. The number of Topliss-reactive ketones (excluding diaryl/α,β-unsaturated/α-hetero) is 1. The van der Waals surface area contributed by atoms with Crippen molar-refractivity contribution >= 4 is 5.78 Å². The molecule has 2 fully saturated rings. The molecule has 14 heavy (non-hydrogen) atoms. The van der Waals surface area contributed by atoms with Crippen molar-refractivity contribution in [1.82, 2.24) is 0 Å². The van der Waals surface area contributed by atoms with Gasteiger partial charge in [-0.2, -0.15) is 0 Å². The zero-order valence-corrected chi connectivity index (χ0v) is 8.54. The lowest BCUT2D eigenvalue weighted by Gasteiger charge is -2.40. The molecule has 0 aromatic heterocycles. The van der Waals surface area contributed by atoms with Gasteiger partial charge in [0.05, 0.1) is 6.10 Å². The molecule has 2 rings (SSSR count). The summed E-state index contributed by atoms with van der Waals surface area (Å²) in [5, 5.41) is 10.0. The van der Waals surface area contributed by atoms with Gasteiger partial charge in [-0.15, -0.1) is 6.58 Å². The van der Waals surface area contributed by atoms with Crippen molar-refractivity contribution in [3.63, 3.8) is 0 Å². The maximum absolute atomic E-state index is 11.4. The predicted molar refractivity (Wildman–Crippen MR) is 54.8 cm³/mol. The first kappa shape index (κ1) is 9.91. The highest BCUT2D eigenvalue weighted by Crippen LogP contribution is 2.53. The highest BCUT2D eigenvalue weighted by Gasteiger charge is 2.50. The van der Waals surface area contributed by atoms with E-state index in [1.165, 1.54) is 0 Å². The molecule has 0 aromatic carbocycles. The van der Waals surface area contributed by atoms with E-state index in [1.807, 2.05) is 6.08 Å². The fourth-order valence-electron chi connectivity index (χ4n) is 3.30. The van der Waals surface area contributed by atoms with Gasteiger partial charge in [-0.3, -0.25) is 4.79 Å². The highest BCUT2D eigenvalue weighted by atomic mass is 16.3. The first-order valence-corrected chi connectivity index (χ1v) is 5.50. The molecule has 0 saturated heterocycles. The van der Waals surface area contributed by atoms with Gasteiger partial charge in [0.25, 0.3) is 0 Å². The van der Waals surface area contributed by atoms with E-state index in [-0.39, 0.29) is 11.5 Å². The summed E-state index contributed by atoms with van der Waals surface area (Å²) in [6.07, 6.45) is 6.64. The van der Waals surface area contributed by atoms with Crippen LogP contribution in [0.2, 0.25) is 0 Å². The molecule has 0 heterocycles. The Bertz CT molecular complexity index is 259. The predicted octanol–water partition coefficient (Wildman–Crippen LogP) is 2.07. The van der Waals surface area contributed by atoms with E-state index in [2.05, 4.69) is 6.58 Å². The number of fused-ring (bicyclic) bond motifs is 1. The van der Waals surface area contributed by atoms with Crippen LogP contribution >= 0.6 is 0 Å². The average molecular weight is 194 g/mol. The van der Waals surface area contributed by atoms with E-state index in [4.69, 9.17) is 0 Å². The second-order valence-electron chi connectivity index (χ2n) is 4.76. The number of aliphatic hydroxyl groups is 1. The lowest BCUT2D eigenvalue weighted by atomic mass is 9.65. The van der Waals surface area contributed by atoms with Gasteiger partial charge >= 0.3 is 0 Å². The third-order valence-corrected chi connectivity index (χ3v) is 4.13. The van der Waals surface area contributed by atoms with Crippen molar-refractivity contribution in [2.24, 2.45) is 11.3 Å². The van der Waals surface area contributed by atoms with Crippen LogP contribution < -0.4 is 0 Å². The molecule has 2 saturated carbocycles. The monoisotopic (exact) mass is 194 g/mol. The minimum Gasteiger partial charge on any atom is -0.393 e. The van der Waals surface area contributed by atoms with Gasteiger partial charge in [0, 0.05) is 18.3 Å². The van der Waals surface area contributed by atoms with Crippen molar-refractivity contribution in [3.05, 3.63) is 12.7 Å². The Labute approximate surface area is 85.0 Å². The van der Waals surface area contributed by atoms with Crippen LogP contribution in [0.5, 0.6) is 0 Å². The molecule has 0 spiro atoms. The zero-order chi connectivity index (χ0) is 10.2. The molecular formula is C12H18O2. The molecule has 2 aliphatic rings. The first-order chi connectivity index (χ1) is 6.69. The van der Waals surface area contributed by atoms with Crippen molar-refractivity contribution < 1.29 is 9.90 Å². The van der Waals surface area contributed by atoms with Gasteiger partial charge in [-0.05, 0) is 31.6 Å². The fourth-order valence-corrected chi connectivity index (χ4v) is 3.30. The van der Waals surface area contributed by atoms with E-state index in [0.29, 0.717) is 24.5 Å². The highest BCUT2D eigenvalue weighted by molar-refractivity contribution is 5.79. The van der Waals surface area contributed by atoms with Crippen LogP contribution in [0.15, 0.2) is 12.7 Å². The summed E-state index contributed by atoms with van der Waals surface area (Å²) in [4.78, 5) is 11.4. The van der Waals surface area contributed by atoms with Gasteiger partial charge in [-0.25, -0.2) is 0 Å². The molecule has 0 bridgehead atoms. The van der Waals surface area contributed by atoms with Crippen molar-refractivity contribution in [1.29, 1.82) is 0 Å². The molecule has 2 nitrogen and oxygen atoms in total. The molecule has 78 valence electrons. The van der Waals surface area contributed by atoms with E-state index < -0.39 is 0 Å². The number of hydrogen-bond acceptors (Lipinski definition) is 2. The third-order valence-electron chi connectivity index (χ3n) is 4.13. The van der Waals surface area contributed by atoms with Gasteiger partial charge in [0.1, 0.15) is 5.78 Å². The number of carbonyl (C=O) groups excluding carboxylic acids is 1. The minimum absolute atomic E-state index is 0.00431. The molecule has 1 N–H and O–H groups in total. The van der Waals surface area contributed by atoms with Crippen LogP contribution in [0.4, 0.5) is 0 Å². The van der Waals surface area contributed by atoms with Gasteiger partial charge in [0.15, 0.2) is 0 Å². The lowest BCUT2D eigenvalue weighted by Crippen LogP contribution is -2.40. The lowest BCUT2D eigenvalue weighted by molar-refractivity contribution is -0.126. The fraction of sp³-hybridized carbons (Fsp3) is 0.750. The van der Waals surface area contributed by atoms with Crippen molar-refractivity contribution in [3.8, 4) is 0 Å². The van der Waals surface area contributed by atoms with Crippen LogP contribution in [-0.4, -0.2) is 17.0 Å². The largest absolute Gasteiger partial charge is 0.393 e. The number of aliphatic hydroxyl groups excluding tert-OH is 1. The molecule has 0 radical (unpaired) electrons. The first-order valence-electron chi connectivity index (χ1n) is 5.50. The number of ketones is 1. The van der Waals surface area contributed by atoms with Crippen molar-refractivity contribution in [2.45, 2.75) is 44.6 Å². The molecule has 3 atom stereocenters. The maximum atomic E-state index is 11.4. The van der Waals surface area contributed by atoms with Crippen LogP contribution in [0.25, 0.3) is 0 Å². The number of rotatable bonds is 2. The summed E-state index contributed by atoms with van der Waals surface area (Å²) in [5.74, 6) is 0.792. The Morgan fingerprint density at radius 2 is 2.36 bits per heavy atom. The Morgan fingerprint density at radius 3 is 3.07 bits per heavy atom. The number of allylic oxidation sites excluding steroid dienone is 1. The number of hydrogen-bond donors (Lipinski definition) is 1. The molecular weight excluding hydrogens is 176 g/mol. The van der Waals surface area contributed by atoms with E-state index in [0.717, 1.165) is 25.7 Å². The Kier molecular flexibility index (Phi) is 2.48. The minimum atomic E-state index is -0.210. The van der Waals surface area contributed by atoms with Crippen LogP contribution in [0.1, 0.15) is 38.5 Å². The topological polar surface area (TPSA) is 37.3 Å². The third kappa shape index (κ3) is 1.33. The SMILES string of the molecule is C=CC[C@]12CCC(=O)CC1CC[C@@H]2O. The molecule has 0 amide bonds. The van der Waals surface area contributed by atoms with E-state index in [9.17, 15) is 9.90 Å². The second-order valence-corrected chi connectivity index (χ2v) is 4.76. The standard InChI is InChI=1S/C12H18O2/c1-2-6-12-7-5-10(13)8-9(12)3-4-11(12)14/h2,9,11,14H,1,3-8H2/t9?,11-,12-/m0/s1. The van der Waals surface area contributed by atoms with Gasteiger partial charge in [-0.1, -0.05) is 6.08 Å². The maximum Gasteiger partial charge on any atom is 0.133 e. The van der Waals surface area contributed by atoms with Gasteiger partial charge < -0.3 is 5.11 Å². The Morgan fingerprint density at radius 1 is 1.57 bits per heavy atom. The number of carbonyl (C=O) groups is 1. The summed E-state index contributed by atoms with van der Waals surface area (Å²) in [5.41, 5.74) is -0.00431. The average Bonchev–Trinajstić information content (AvgIpc) is 2.46. The molecule has 2 aliphatic carbocycles. The molecule has 0 aromatic rings. The van der Waals surface area contributed by atoms with Gasteiger partial charge in [0.2, 0.25) is 0 Å². The zero-order valence-electron chi connectivity index (χ0n) is 8.54. The summed E-state index contributed by atoms with van der Waals surface area (Å²) >= 11 is 0.